The van der Waals surface area contributed by atoms with E-state index < -0.39 is 0 Å². The van der Waals surface area contributed by atoms with Crippen molar-refractivity contribution in [3.8, 4) is 23.8 Å². The molecular formula is C24H18N2O3. The summed E-state index contributed by atoms with van der Waals surface area (Å²) in [5, 5.41) is 3.66. The number of carbonyl (C=O) groups is 1. The highest BCUT2D eigenvalue weighted by molar-refractivity contribution is 6.09. The molecule has 1 amide bonds. The number of rotatable bonds is 3. The molecule has 0 spiro atoms. The van der Waals surface area contributed by atoms with Crippen molar-refractivity contribution in [2.24, 2.45) is 0 Å². The van der Waals surface area contributed by atoms with Crippen molar-refractivity contribution >= 4 is 28.5 Å². The predicted molar refractivity (Wildman–Crippen MR) is 112 cm³/mol. The van der Waals surface area contributed by atoms with Crippen LogP contribution >= 0.6 is 0 Å². The summed E-state index contributed by atoms with van der Waals surface area (Å²) < 4.78 is 10.9. The quantitative estimate of drug-likeness (QED) is 0.700. The van der Waals surface area contributed by atoms with Gasteiger partial charge in [0.15, 0.2) is 11.5 Å². The number of carbonyl (C=O) groups excluding carboxylic acids is 1. The molecule has 142 valence electrons. The molecule has 3 aromatic rings. The van der Waals surface area contributed by atoms with Gasteiger partial charge in [-0.2, -0.15) is 0 Å². The number of para-hydroxylation sites is 1. The summed E-state index contributed by atoms with van der Waals surface area (Å²) >= 11 is 0. The zero-order valence-corrected chi connectivity index (χ0v) is 15.7. The fourth-order valence-electron chi connectivity index (χ4n) is 3.96. The maximum absolute atomic E-state index is 12.9. The summed E-state index contributed by atoms with van der Waals surface area (Å²) in [4.78, 5) is 17.8. The van der Waals surface area contributed by atoms with Gasteiger partial charge >= 0.3 is 0 Å². The SMILES string of the molecule is C#CCNC(=O)c1c2c(nc3ccccc13)/C(=C\c1ccc3c(c1)OCO3)CC2. The average Bonchev–Trinajstić information content (AvgIpc) is 3.37. The maximum Gasteiger partial charge on any atom is 0.253 e. The Balaban J connectivity index is 1.63. The molecule has 29 heavy (non-hydrogen) atoms. The number of ether oxygens (including phenoxy) is 2. The molecule has 0 bridgehead atoms. The minimum absolute atomic E-state index is 0.151. The topological polar surface area (TPSA) is 60.5 Å². The molecule has 5 heteroatoms. The van der Waals surface area contributed by atoms with E-state index in [1.807, 2.05) is 42.5 Å². The van der Waals surface area contributed by atoms with E-state index in [0.717, 1.165) is 57.6 Å². The first-order valence-electron chi connectivity index (χ1n) is 9.48. The zero-order chi connectivity index (χ0) is 19.8. The number of aromatic nitrogens is 1. The third-order valence-electron chi connectivity index (χ3n) is 5.26. The molecule has 1 aromatic heterocycles. The molecule has 0 fully saturated rings. The van der Waals surface area contributed by atoms with Crippen LogP contribution in [0.3, 0.4) is 0 Å². The number of nitrogens with zero attached hydrogens (tertiary/aromatic N) is 1. The number of benzene rings is 2. The standard InChI is InChI=1S/C24H18N2O3/c1-2-11-25-24(27)22-17-5-3-4-6-19(17)26-23-16(8-9-18(22)23)12-15-7-10-20-21(13-15)29-14-28-20/h1,3-7,10,12-13H,8-9,11,14H2,(H,25,27)/b16-12-. The van der Waals surface area contributed by atoms with E-state index in [9.17, 15) is 4.79 Å². The van der Waals surface area contributed by atoms with Crippen LogP contribution in [0.25, 0.3) is 22.6 Å². The predicted octanol–water partition coefficient (Wildman–Crippen LogP) is 3.81. The maximum atomic E-state index is 12.9. The van der Waals surface area contributed by atoms with Crippen molar-refractivity contribution in [1.82, 2.24) is 10.3 Å². The van der Waals surface area contributed by atoms with E-state index in [0.29, 0.717) is 5.56 Å². The van der Waals surface area contributed by atoms with Crippen LogP contribution in [-0.2, 0) is 6.42 Å². The van der Waals surface area contributed by atoms with Gasteiger partial charge in [0, 0.05) is 5.39 Å². The average molecular weight is 382 g/mol. The lowest BCUT2D eigenvalue weighted by atomic mass is 10.00. The minimum Gasteiger partial charge on any atom is -0.454 e. The summed E-state index contributed by atoms with van der Waals surface area (Å²) in [5.41, 5.74) is 5.46. The molecule has 5 rings (SSSR count). The van der Waals surface area contributed by atoms with Gasteiger partial charge in [-0.1, -0.05) is 30.2 Å². The second kappa shape index (κ2) is 6.99. The van der Waals surface area contributed by atoms with Gasteiger partial charge in [0.25, 0.3) is 5.91 Å². The van der Waals surface area contributed by atoms with Crippen molar-refractivity contribution in [3.05, 3.63) is 64.8 Å². The number of pyridine rings is 1. The fourth-order valence-corrected chi connectivity index (χ4v) is 3.96. The number of terminal acetylenes is 1. The first-order valence-corrected chi connectivity index (χ1v) is 9.48. The lowest BCUT2D eigenvalue weighted by Crippen LogP contribution is -2.25. The lowest BCUT2D eigenvalue weighted by molar-refractivity contribution is 0.0959. The van der Waals surface area contributed by atoms with E-state index in [-0.39, 0.29) is 19.2 Å². The fraction of sp³-hybridized carbons (Fsp3) is 0.167. The Morgan fingerprint density at radius 3 is 2.93 bits per heavy atom. The van der Waals surface area contributed by atoms with Crippen LogP contribution in [-0.4, -0.2) is 24.2 Å². The summed E-state index contributed by atoms with van der Waals surface area (Å²) in [7, 11) is 0. The Morgan fingerprint density at radius 2 is 2.03 bits per heavy atom. The molecule has 0 saturated carbocycles. The van der Waals surface area contributed by atoms with Gasteiger partial charge in [-0.15, -0.1) is 6.42 Å². The van der Waals surface area contributed by atoms with E-state index >= 15 is 0 Å². The van der Waals surface area contributed by atoms with Crippen molar-refractivity contribution in [2.45, 2.75) is 12.8 Å². The molecule has 5 nitrogen and oxygen atoms in total. The Labute approximate surface area is 168 Å². The number of amides is 1. The van der Waals surface area contributed by atoms with Gasteiger partial charge in [-0.3, -0.25) is 4.79 Å². The molecule has 0 radical (unpaired) electrons. The summed E-state index contributed by atoms with van der Waals surface area (Å²) in [5.74, 6) is 3.82. The molecular weight excluding hydrogens is 364 g/mol. The van der Waals surface area contributed by atoms with Crippen molar-refractivity contribution in [2.75, 3.05) is 13.3 Å². The highest BCUT2D eigenvalue weighted by Gasteiger charge is 2.26. The summed E-state index contributed by atoms with van der Waals surface area (Å²) in [6.45, 7) is 0.450. The molecule has 1 aliphatic carbocycles. The second-order valence-electron chi connectivity index (χ2n) is 7.00. The van der Waals surface area contributed by atoms with Crippen molar-refractivity contribution < 1.29 is 14.3 Å². The van der Waals surface area contributed by atoms with E-state index in [1.165, 1.54) is 0 Å². The molecule has 0 saturated heterocycles. The van der Waals surface area contributed by atoms with Gasteiger partial charge in [0.05, 0.1) is 23.3 Å². The van der Waals surface area contributed by atoms with Gasteiger partial charge in [0.2, 0.25) is 6.79 Å². The van der Waals surface area contributed by atoms with Crippen LogP contribution in [0.2, 0.25) is 0 Å². The Hall–Kier alpha value is -3.78. The Morgan fingerprint density at radius 1 is 1.17 bits per heavy atom. The third kappa shape index (κ3) is 2.99. The van der Waals surface area contributed by atoms with E-state index in [4.69, 9.17) is 20.9 Å². The van der Waals surface area contributed by atoms with Crippen molar-refractivity contribution in [3.63, 3.8) is 0 Å². The Bertz CT molecular complexity index is 1220. The molecule has 2 heterocycles. The van der Waals surface area contributed by atoms with Crippen LogP contribution in [0.1, 0.15) is 33.6 Å². The van der Waals surface area contributed by atoms with Gasteiger partial charge < -0.3 is 14.8 Å². The molecule has 0 atom stereocenters. The van der Waals surface area contributed by atoms with Gasteiger partial charge in [-0.25, -0.2) is 4.98 Å². The van der Waals surface area contributed by atoms with Crippen molar-refractivity contribution in [1.29, 1.82) is 0 Å². The molecule has 0 unspecified atom stereocenters. The smallest absolute Gasteiger partial charge is 0.253 e. The largest absolute Gasteiger partial charge is 0.454 e. The first-order chi connectivity index (χ1) is 14.2. The summed E-state index contributed by atoms with van der Waals surface area (Å²) in [6.07, 6.45) is 9.02. The lowest BCUT2D eigenvalue weighted by Gasteiger charge is -2.12. The monoisotopic (exact) mass is 382 g/mol. The zero-order valence-electron chi connectivity index (χ0n) is 15.7. The second-order valence-corrected chi connectivity index (χ2v) is 7.00. The highest BCUT2D eigenvalue weighted by atomic mass is 16.7. The highest BCUT2D eigenvalue weighted by Crippen LogP contribution is 2.39. The number of hydrogen-bond acceptors (Lipinski definition) is 4. The molecule has 1 aliphatic heterocycles. The number of hydrogen-bond donors (Lipinski definition) is 1. The first kappa shape index (κ1) is 17.3. The number of allylic oxidation sites excluding steroid dienone is 1. The van der Waals surface area contributed by atoms with Crippen LogP contribution in [0.15, 0.2) is 42.5 Å². The van der Waals surface area contributed by atoms with Gasteiger partial charge in [0.1, 0.15) is 0 Å². The van der Waals surface area contributed by atoms with E-state index in [1.54, 1.807) is 0 Å². The van der Waals surface area contributed by atoms with E-state index in [2.05, 4.69) is 17.3 Å². The molecule has 2 aliphatic rings. The van der Waals surface area contributed by atoms with Crippen LogP contribution in [0.4, 0.5) is 0 Å². The van der Waals surface area contributed by atoms with Crippen LogP contribution in [0, 0.1) is 12.3 Å². The van der Waals surface area contributed by atoms with Gasteiger partial charge in [-0.05, 0) is 53.8 Å². The van der Waals surface area contributed by atoms with Crippen LogP contribution in [0.5, 0.6) is 11.5 Å². The number of nitrogens with one attached hydrogen (secondary N) is 1. The minimum atomic E-state index is -0.151. The molecule has 2 aromatic carbocycles. The number of fused-ring (bicyclic) bond motifs is 3. The van der Waals surface area contributed by atoms with Crippen LogP contribution < -0.4 is 14.8 Å². The normalized spacial score (nSPS) is 15.3. The Kier molecular flexibility index (Phi) is 4.18. The molecule has 1 N–H and O–H groups in total. The summed E-state index contributed by atoms with van der Waals surface area (Å²) in [6, 6.07) is 13.6. The third-order valence-corrected chi connectivity index (χ3v) is 5.26.